The molecule has 0 bridgehead atoms. The van der Waals surface area contributed by atoms with Crippen LogP contribution in [-0.2, 0) is 19.1 Å². The molecule has 29 heavy (non-hydrogen) atoms. The summed E-state index contributed by atoms with van der Waals surface area (Å²) < 4.78 is 11.3. The minimum Gasteiger partial charge on any atom is -0.471 e. The largest absolute Gasteiger partial charge is 0.471 e. The molecule has 2 aromatic carbocycles. The lowest BCUT2D eigenvalue weighted by Gasteiger charge is -2.37. The van der Waals surface area contributed by atoms with Crippen molar-refractivity contribution in [3.05, 3.63) is 70.9 Å². The van der Waals surface area contributed by atoms with E-state index in [4.69, 9.17) is 21.1 Å². The molecule has 152 valence electrons. The van der Waals surface area contributed by atoms with Crippen LogP contribution in [0.2, 0.25) is 5.02 Å². The lowest BCUT2D eigenvalue weighted by atomic mass is 9.88. The molecule has 0 spiro atoms. The Morgan fingerprint density at radius 1 is 1.21 bits per heavy atom. The van der Waals surface area contributed by atoms with E-state index in [-0.39, 0.29) is 18.4 Å². The summed E-state index contributed by atoms with van der Waals surface area (Å²) in [7, 11) is 1.53. The van der Waals surface area contributed by atoms with Crippen LogP contribution in [0.4, 0.5) is 5.69 Å². The number of hydrogen-bond acceptors (Lipinski definition) is 4. The van der Waals surface area contributed by atoms with Crippen LogP contribution in [0.15, 0.2) is 60.4 Å². The number of carbonyl (C=O) groups excluding carboxylic acids is 2. The van der Waals surface area contributed by atoms with Gasteiger partial charge in [0.05, 0.1) is 11.0 Å². The first-order valence-electron chi connectivity index (χ1n) is 9.15. The zero-order chi connectivity index (χ0) is 21.0. The zero-order valence-electron chi connectivity index (χ0n) is 16.5. The Labute approximate surface area is 174 Å². The fourth-order valence-corrected chi connectivity index (χ4v) is 3.18. The third kappa shape index (κ3) is 4.60. The lowest BCUT2D eigenvalue weighted by Crippen LogP contribution is -2.54. The summed E-state index contributed by atoms with van der Waals surface area (Å²) >= 11 is 5.99. The molecule has 2 aromatic rings. The molecule has 2 N–H and O–H groups in total. The first kappa shape index (κ1) is 20.9. The van der Waals surface area contributed by atoms with E-state index >= 15 is 0 Å². The third-order valence-electron chi connectivity index (χ3n) is 4.69. The van der Waals surface area contributed by atoms with Crippen molar-refractivity contribution in [3.8, 4) is 0 Å². The maximum Gasteiger partial charge on any atom is 0.258 e. The van der Waals surface area contributed by atoms with E-state index < -0.39 is 11.6 Å². The molecule has 0 radical (unpaired) electrons. The molecule has 1 unspecified atom stereocenters. The van der Waals surface area contributed by atoms with Gasteiger partial charge in [-0.1, -0.05) is 48.0 Å². The normalized spacial score (nSPS) is 16.8. The van der Waals surface area contributed by atoms with E-state index in [0.29, 0.717) is 22.0 Å². The van der Waals surface area contributed by atoms with Gasteiger partial charge in [-0.05, 0) is 37.6 Å². The Morgan fingerprint density at radius 3 is 2.59 bits per heavy atom. The molecule has 2 amide bonds. The Morgan fingerprint density at radius 2 is 1.93 bits per heavy atom. The Hall–Kier alpha value is -2.83. The van der Waals surface area contributed by atoms with Crippen LogP contribution in [0.3, 0.4) is 0 Å². The summed E-state index contributed by atoms with van der Waals surface area (Å²) in [6, 6.07) is 16.1. The molecule has 1 aliphatic rings. The van der Waals surface area contributed by atoms with Crippen molar-refractivity contribution in [1.82, 2.24) is 5.32 Å². The Balaban J connectivity index is 1.86. The Kier molecular flexibility index (Phi) is 6.25. The Bertz CT molecular complexity index is 941. The van der Waals surface area contributed by atoms with Gasteiger partial charge in [-0.15, -0.1) is 0 Å². The van der Waals surface area contributed by atoms with Gasteiger partial charge < -0.3 is 20.1 Å². The number of ether oxygens (including phenoxy) is 2. The summed E-state index contributed by atoms with van der Waals surface area (Å²) in [6.45, 7) is 3.52. The number of carbonyl (C=O) groups is 2. The maximum atomic E-state index is 12.9. The second-order valence-electron chi connectivity index (χ2n) is 7.25. The van der Waals surface area contributed by atoms with E-state index in [1.54, 1.807) is 38.1 Å². The number of benzene rings is 2. The van der Waals surface area contributed by atoms with E-state index in [2.05, 4.69) is 10.6 Å². The van der Waals surface area contributed by atoms with Crippen molar-refractivity contribution < 1.29 is 19.1 Å². The number of nitrogens with one attached hydrogen (secondary N) is 2. The van der Waals surface area contributed by atoms with Crippen LogP contribution >= 0.6 is 11.6 Å². The van der Waals surface area contributed by atoms with Gasteiger partial charge in [-0.3, -0.25) is 9.59 Å². The van der Waals surface area contributed by atoms with Crippen LogP contribution in [0.25, 0.3) is 5.57 Å². The van der Waals surface area contributed by atoms with Crippen molar-refractivity contribution in [2.24, 2.45) is 5.41 Å². The minimum atomic E-state index is -1.07. The number of halogens is 1. The third-order valence-corrected chi connectivity index (χ3v) is 4.92. The van der Waals surface area contributed by atoms with Crippen LogP contribution in [0, 0.1) is 5.41 Å². The summed E-state index contributed by atoms with van der Waals surface area (Å²) in [5, 5.41) is 6.15. The van der Waals surface area contributed by atoms with Gasteiger partial charge in [0.15, 0.2) is 6.23 Å². The van der Waals surface area contributed by atoms with E-state index in [0.717, 1.165) is 5.56 Å². The van der Waals surface area contributed by atoms with Crippen LogP contribution in [0.5, 0.6) is 0 Å². The van der Waals surface area contributed by atoms with E-state index in [9.17, 15) is 9.59 Å². The quantitative estimate of drug-likeness (QED) is 0.753. The van der Waals surface area contributed by atoms with Crippen LogP contribution in [-0.4, -0.2) is 31.8 Å². The first-order chi connectivity index (χ1) is 13.8. The summed E-state index contributed by atoms with van der Waals surface area (Å²) in [6.07, 6.45) is -0.869. The lowest BCUT2D eigenvalue weighted by molar-refractivity contribution is -0.138. The van der Waals surface area contributed by atoms with Crippen molar-refractivity contribution in [2.45, 2.75) is 20.1 Å². The second kappa shape index (κ2) is 8.68. The molecular formula is C22H23ClN2O4. The van der Waals surface area contributed by atoms with Crippen LogP contribution in [0.1, 0.15) is 19.4 Å². The van der Waals surface area contributed by atoms with Crippen molar-refractivity contribution in [3.63, 3.8) is 0 Å². The summed E-state index contributed by atoms with van der Waals surface area (Å²) in [4.78, 5) is 25.8. The monoisotopic (exact) mass is 414 g/mol. The smallest absolute Gasteiger partial charge is 0.258 e. The molecule has 6 nitrogen and oxygen atoms in total. The molecule has 1 heterocycles. The van der Waals surface area contributed by atoms with Crippen molar-refractivity contribution in [2.75, 3.05) is 19.0 Å². The fourth-order valence-electron chi connectivity index (χ4n) is 2.99. The van der Waals surface area contributed by atoms with Crippen molar-refractivity contribution >= 4 is 34.7 Å². The minimum absolute atomic E-state index is 0.111. The van der Waals surface area contributed by atoms with E-state index in [1.807, 2.05) is 30.3 Å². The summed E-state index contributed by atoms with van der Waals surface area (Å²) in [5.41, 5.74) is 0.612. The van der Waals surface area contributed by atoms with Gasteiger partial charge >= 0.3 is 0 Å². The molecule has 0 saturated heterocycles. The van der Waals surface area contributed by atoms with Gasteiger partial charge in [-0.2, -0.15) is 0 Å². The molecule has 7 heteroatoms. The average molecular weight is 415 g/mol. The van der Waals surface area contributed by atoms with Gasteiger partial charge in [0.25, 0.3) is 5.91 Å². The standard InChI is InChI=1S/C22H23ClN2O4/c1-22(2,20(27)24-16-11-7-10-15(23)12-16)21-25-19(26)18(17(29-21)13-28-3)14-8-5-4-6-9-14/h4-12,21H,13H2,1-3H3,(H,24,27)(H,25,26). The average Bonchev–Trinajstić information content (AvgIpc) is 2.68. The molecule has 0 saturated carbocycles. The number of hydrogen-bond donors (Lipinski definition) is 2. The highest BCUT2D eigenvalue weighted by atomic mass is 35.5. The highest BCUT2D eigenvalue weighted by Crippen LogP contribution is 2.32. The van der Waals surface area contributed by atoms with Crippen molar-refractivity contribution in [1.29, 1.82) is 0 Å². The molecule has 1 aliphatic heterocycles. The highest BCUT2D eigenvalue weighted by molar-refractivity contribution is 6.30. The van der Waals surface area contributed by atoms with Gasteiger partial charge in [0.2, 0.25) is 5.91 Å². The summed E-state index contributed by atoms with van der Waals surface area (Å²) in [5.74, 6) is -0.246. The topological polar surface area (TPSA) is 76.7 Å². The molecule has 1 atom stereocenters. The second-order valence-corrected chi connectivity index (χ2v) is 7.69. The fraction of sp³-hybridized carbons (Fsp3) is 0.273. The molecule has 3 rings (SSSR count). The maximum absolute atomic E-state index is 12.9. The predicted octanol–water partition coefficient (Wildman–Crippen LogP) is 3.83. The zero-order valence-corrected chi connectivity index (χ0v) is 17.2. The molecule has 0 fully saturated rings. The number of anilines is 1. The SMILES string of the molecule is COCC1=C(c2ccccc2)C(=O)NC(C(C)(C)C(=O)Nc2cccc(Cl)c2)O1. The molecular weight excluding hydrogens is 392 g/mol. The molecule has 0 aliphatic carbocycles. The van der Waals surface area contributed by atoms with Gasteiger partial charge in [0.1, 0.15) is 12.4 Å². The number of amides is 2. The van der Waals surface area contributed by atoms with Crippen LogP contribution < -0.4 is 10.6 Å². The first-order valence-corrected chi connectivity index (χ1v) is 9.52. The van der Waals surface area contributed by atoms with Gasteiger partial charge in [0, 0.05) is 17.8 Å². The van der Waals surface area contributed by atoms with Gasteiger partial charge in [-0.25, -0.2) is 0 Å². The number of methoxy groups -OCH3 is 1. The molecule has 0 aromatic heterocycles. The highest BCUT2D eigenvalue weighted by Gasteiger charge is 2.43. The predicted molar refractivity (Wildman–Crippen MR) is 112 cm³/mol. The van der Waals surface area contributed by atoms with E-state index in [1.165, 1.54) is 7.11 Å². The number of rotatable bonds is 6.